The fourth-order valence-corrected chi connectivity index (χ4v) is 1.99. The topological polar surface area (TPSA) is 124 Å². The van der Waals surface area contributed by atoms with Crippen molar-refractivity contribution in [1.82, 2.24) is 0 Å². The number of hydrogen-bond donors (Lipinski definition) is 1. The number of nitro benzene ring substituents is 2. The zero-order valence-corrected chi connectivity index (χ0v) is 10.4. The first-order valence-corrected chi connectivity index (χ1v) is 5.68. The Balaban J connectivity index is 2.92. The van der Waals surface area contributed by atoms with Gasteiger partial charge in [-0.1, -0.05) is 30.3 Å². The summed E-state index contributed by atoms with van der Waals surface area (Å²) in [7, 11) is 0. The molecule has 0 aliphatic carbocycles. The highest BCUT2D eigenvalue weighted by Gasteiger charge is 2.33. The van der Waals surface area contributed by atoms with E-state index in [4.69, 9.17) is 0 Å². The summed E-state index contributed by atoms with van der Waals surface area (Å²) in [5.74, 6) is -1.40. The van der Waals surface area contributed by atoms with E-state index in [-0.39, 0.29) is 16.7 Å². The summed E-state index contributed by atoms with van der Waals surface area (Å²) >= 11 is 0. The summed E-state index contributed by atoms with van der Waals surface area (Å²) in [6.07, 6.45) is 0. The lowest BCUT2D eigenvalue weighted by Gasteiger charge is -2.07. The van der Waals surface area contributed by atoms with Crippen LogP contribution in [0.1, 0.15) is 10.4 Å². The molecule has 2 aromatic carbocycles. The predicted molar refractivity (Wildman–Crippen MR) is 72.1 cm³/mol. The molecule has 106 valence electrons. The van der Waals surface area contributed by atoms with Gasteiger partial charge in [0.1, 0.15) is 0 Å². The Hall–Kier alpha value is -3.29. The molecule has 0 unspecified atom stereocenters. The minimum Gasteiger partial charge on any atom is -0.478 e. The van der Waals surface area contributed by atoms with Gasteiger partial charge in [-0.3, -0.25) is 20.2 Å². The van der Waals surface area contributed by atoms with Gasteiger partial charge in [0.25, 0.3) is 0 Å². The largest absolute Gasteiger partial charge is 0.478 e. The SMILES string of the molecule is O=C(O)c1ccc([N+](=O)[O-])c([N+](=O)[O-])c1-c1ccccc1. The summed E-state index contributed by atoms with van der Waals surface area (Å²) in [6, 6.07) is 9.50. The average Bonchev–Trinajstić information content (AvgIpc) is 2.46. The number of rotatable bonds is 4. The lowest BCUT2D eigenvalue weighted by Crippen LogP contribution is -2.06. The fraction of sp³-hybridized carbons (Fsp3) is 0. The highest BCUT2D eigenvalue weighted by Crippen LogP contribution is 2.40. The third-order valence-electron chi connectivity index (χ3n) is 2.83. The number of nitrogens with zero attached hydrogens (tertiary/aromatic N) is 2. The molecule has 0 atom stereocenters. The molecule has 1 N–H and O–H groups in total. The number of hydrogen-bond acceptors (Lipinski definition) is 5. The zero-order valence-electron chi connectivity index (χ0n) is 10.4. The molecule has 8 heteroatoms. The molecule has 0 spiro atoms. The molecule has 0 aliphatic rings. The molecular formula is C13H8N2O6. The lowest BCUT2D eigenvalue weighted by molar-refractivity contribution is -0.422. The molecule has 0 heterocycles. The second-order valence-electron chi connectivity index (χ2n) is 4.04. The molecule has 0 aliphatic heterocycles. The van der Waals surface area contributed by atoms with Crippen LogP contribution in [0, 0.1) is 20.2 Å². The van der Waals surface area contributed by atoms with Crippen LogP contribution < -0.4 is 0 Å². The van der Waals surface area contributed by atoms with E-state index in [1.54, 1.807) is 18.2 Å². The molecule has 0 saturated carbocycles. The Kier molecular flexibility index (Phi) is 3.61. The van der Waals surface area contributed by atoms with Crippen LogP contribution in [0.15, 0.2) is 42.5 Å². The van der Waals surface area contributed by atoms with Crippen LogP contribution in [0.5, 0.6) is 0 Å². The molecule has 0 radical (unpaired) electrons. The number of nitro groups is 2. The molecular weight excluding hydrogens is 280 g/mol. The van der Waals surface area contributed by atoms with Gasteiger partial charge in [0, 0.05) is 6.07 Å². The summed E-state index contributed by atoms with van der Waals surface area (Å²) in [5.41, 5.74) is -1.99. The first kappa shape index (κ1) is 14.1. The fourth-order valence-electron chi connectivity index (χ4n) is 1.99. The molecule has 0 aromatic heterocycles. The molecule has 8 nitrogen and oxygen atoms in total. The van der Waals surface area contributed by atoms with E-state index in [1.165, 1.54) is 12.1 Å². The van der Waals surface area contributed by atoms with Gasteiger partial charge in [0.05, 0.1) is 21.0 Å². The molecule has 0 bridgehead atoms. The van der Waals surface area contributed by atoms with Gasteiger partial charge in [0.15, 0.2) is 0 Å². The van der Waals surface area contributed by atoms with Crippen molar-refractivity contribution in [3.8, 4) is 11.1 Å². The van der Waals surface area contributed by atoms with Gasteiger partial charge in [-0.05, 0) is 11.6 Å². The number of carbonyl (C=O) groups is 1. The van der Waals surface area contributed by atoms with Crippen LogP contribution in [0.4, 0.5) is 11.4 Å². The summed E-state index contributed by atoms with van der Waals surface area (Å²) in [6.45, 7) is 0. The molecule has 21 heavy (non-hydrogen) atoms. The quantitative estimate of drug-likeness (QED) is 0.681. The van der Waals surface area contributed by atoms with Gasteiger partial charge in [-0.25, -0.2) is 4.79 Å². The van der Waals surface area contributed by atoms with Gasteiger partial charge >= 0.3 is 17.3 Å². The van der Waals surface area contributed by atoms with Gasteiger partial charge in [0.2, 0.25) is 0 Å². The third-order valence-corrected chi connectivity index (χ3v) is 2.83. The van der Waals surface area contributed by atoms with Crippen LogP contribution in [0.2, 0.25) is 0 Å². The summed E-state index contributed by atoms with van der Waals surface area (Å²) in [4.78, 5) is 31.6. The predicted octanol–water partition coefficient (Wildman–Crippen LogP) is 2.87. The van der Waals surface area contributed by atoms with E-state index in [0.29, 0.717) is 0 Å². The normalized spacial score (nSPS) is 10.1. The van der Waals surface area contributed by atoms with Crippen molar-refractivity contribution < 1.29 is 19.7 Å². The number of carboxylic acid groups (broad SMARTS) is 1. The average molecular weight is 288 g/mol. The second kappa shape index (κ2) is 5.37. The number of aromatic carboxylic acids is 1. The van der Waals surface area contributed by atoms with Crippen LogP contribution in [-0.2, 0) is 0 Å². The molecule has 2 rings (SSSR count). The Bertz CT molecular complexity index is 742. The van der Waals surface area contributed by atoms with Gasteiger partial charge in [-0.2, -0.15) is 0 Å². The van der Waals surface area contributed by atoms with Crippen molar-refractivity contribution >= 4 is 17.3 Å². The second-order valence-corrected chi connectivity index (χ2v) is 4.04. The molecule has 2 aromatic rings. The number of benzene rings is 2. The third kappa shape index (κ3) is 2.54. The highest BCUT2D eigenvalue weighted by molar-refractivity contribution is 6.00. The van der Waals surface area contributed by atoms with E-state index in [0.717, 1.165) is 12.1 Å². The Morgan fingerprint density at radius 3 is 2.05 bits per heavy atom. The molecule has 0 saturated heterocycles. The minimum absolute atomic E-state index is 0.227. The van der Waals surface area contributed by atoms with Crippen molar-refractivity contribution in [3.05, 3.63) is 68.3 Å². The molecule has 0 fully saturated rings. The zero-order chi connectivity index (χ0) is 15.6. The van der Waals surface area contributed by atoms with E-state index in [9.17, 15) is 30.1 Å². The van der Waals surface area contributed by atoms with Crippen molar-refractivity contribution in [3.63, 3.8) is 0 Å². The van der Waals surface area contributed by atoms with Crippen molar-refractivity contribution in [2.45, 2.75) is 0 Å². The van der Waals surface area contributed by atoms with Crippen LogP contribution in [-0.4, -0.2) is 20.9 Å². The first-order valence-electron chi connectivity index (χ1n) is 5.68. The Morgan fingerprint density at radius 1 is 0.952 bits per heavy atom. The van der Waals surface area contributed by atoms with E-state index in [2.05, 4.69) is 0 Å². The van der Waals surface area contributed by atoms with Crippen molar-refractivity contribution in [2.75, 3.05) is 0 Å². The Morgan fingerprint density at radius 2 is 1.57 bits per heavy atom. The van der Waals surface area contributed by atoms with Crippen LogP contribution >= 0.6 is 0 Å². The number of carboxylic acids is 1. The van der Waals surface area contributed by atoms with Crippen molar-refractivity contribution in [2.24, 2.45) is 0 Å². The van der Waals surface area contributed by atoms with Crippen molar-refractivity contribution in [1.29, 1.82) is 0 Å². The maximum absolute atomic E-state index is 11.3. The van der Waals surface area contributed by atoms with Crippen LogP contribution in [0.25, 0.3) is 11.1 Å². The summed E-state index contributed by atoms with van der Waals surface area (Å²) in [5, 5.41) is 31.3. The first-order chi connectivity index (χ1) is 9.93. The minimum atomic E-state index is -1.40. The monoisotopic (exact) mass is 288 g/mol. The maximum Gasteiger partial charge on any atom is 0.354 e. The Labute approximate surface area is 117 Å². The van der Waals surface area contributed by atoms with E-state index >= 15 is 0 Å². The van der Waals surface area contributed by atoms with Gasteiger partial charge < -0.3 is 5.11 Å². The molecule has 0 amide bonds. The van der Waals surface area contributed by atoms with E-state index < -0.39 is 27.2 Å². The van der Waals surface area contributed by atoms with Gasteiger partial charge in [-0.15, -0.1) is 0 Å². The van der Waals surface area contributed by atoms with E-state index in [1.807, 2.05) is 0 Å². The highest BCUT2D eigenvalue weighted by atomic mass is 16.6. The van der Waals surface area contributed by atoms with Crippen LogP contribution in [0.3, 0.4) is 0 Å². The standard InChI is InChI=1S/C13H8N2O6/c16-13(17)9-6-7-10(14(18)19)12(15(20)21)11(9)8-4-2-1-3-5-8/h1-7H,(H,16,17). The smallest absolute Gasteiger partial charge is 0.354 e. The summed E-state index contributed by atoms with van der Waals surface area (Å²) < 4.78 is 0. The lowest BCUT2D eigenvalue weighted by atomic mass is 9.96. The maximum atomic E-state index is 11.3.